The Morgan fingerprint density at radius 2 is 1.71 bits per heavy atom. The zero-order valence-corrected chi connectivity index (χ0v) is 13.7. The Labute approximate surface area is 138 Å². The van der Waals surface area contributed by atoms with Crippen molar-refractivity contribution in [2.45, 2.75) is 55.6 Å². The first kappa shape index (κ1) is 18.6. The number of sulfonamides is 1. The van der Waals surface area contributed by atoms with Crippen LogP contribution in [0, 0.1) is 0 Å². The van der Waals surface area contributed by atoms with Crippen molar-refractivity contribution in [3.05, 3.63) is 29.8 Å². The van der Waals surface area contributed by atoms with E-state index in [4.69, 9.17) is 0 Å². The summed E-state index contributed by atoms with van der Waals surface area (Å²) in [4.78, 5) is 11.3. The van der Waals surface area contributed by atoms with Crippen LogP contribution < -0.4 is 10.0 Å². The van der Waals surface area contributed by atoms with E-state index in [0.29, 0.717) is 6.07 Å². The quantitative estimate of drug-likeness (QED) is 0.807. The topological polar surface area (TPSA) is 75.3 Å². The zero-order chi connectivity index (χ0) is 17.8. The standard InChI is InChI=1S/C15H19F3N2O3S/c16-15(17,18)11-6-5-9-13(10-11)24(22,23)20-14(21)19-12-7-3-1-2-4-8-12/h5-6,9-10,12H,1-4,7-8H2,(H2,19,20,21). The number of urea groups is 1. The second-order valence-corrected chi connectivity index (χ2v) is 7.48. The van der Waals surface area contributed by atoms with Gasteiger partial charge in [-0.25, -0.2) is 17.9 Å². The molecular formula is C15H19F3N2O3S. The summed E-state index contributed by atoms with van der Waals surface area (Å²) in [6.45, 7) is 0. The maximum absolute atomic E-state index is 12.7. The molecule has 0 aliphatic heterocycles. The lowest BCUT2D eigenvalue weighted by atomic mass is 10.1. The lowest BCUT2D eigenvalue weighted by Gasteiger charge is -2.17. The Kier molecular flexibility index (Phi) is 5.74. The first-order valence-corrected chi connectivity index (χ1v) is 9.17. The van der Waals surface area contributed by atoms with Crippen molar-refractivity contribution in [3.8, 4) is 0 Å². The summed E-state index contributed by atoms with van der Waals surface area (Å²) in [6.07, 6.45) is 0.906. The molecule has 1 aromatic carbocycles. The molecule has 2 amide bonds. The van der Waals surface area contributed by atoms with E-state index in [9.17, 15) is 26.4 Å². The van der Waals surface area contributed by atoms with Gasteiger partial charge in [-0.2, -0.15) is 13.2 Å². The highest BCUT2D eigenvalue weighted by Crippen LogP contribution is 2.30. The highest BCUT2D eigenvalue weighted by atomic mass is 32.2. The fraction of sp³-hybridized carbons (Fsp3) is 0.533. The lowest BCUT2D eigenvalue weighted by molar-refractivity contribution is -0.137. The van der Waals surface area contributed by atoms with E-state index < -0.39 is 32.7 Å². The van der Waals surface area contributed by atoms with E-state index in [1.54, 1.807) is 4.72 Å². The van der Waals surface area contributed by atoms with Crippen LogP contribution in [0.15, 0.2) is 29.2 Å². The number of alkyl halides is 3. The third-order valence-corrected chi connectivity index (χ3v) is 5.22. The fourth-order valence-electron chi connectivity index (χ4n) is 2.66. The van der Waals surface area contributed by atoms with Crippen molar-refractivity contribution in [2.75, 3.05) is 0 Å². The summed E-state index contributed by atoms with van der Waals surface area (Å²) in [7, 11) is -4.36. The van der Waals surface area contributed by atoms with Crippen molar-refractivity contribution < 1.29 is 26.4 Å². The lowest BCUT2D eigenvalue weighted by Crippen LogP contribution is -2.44. The van der Waals surface area contributed by atoms with Crippen LogP contribution in [-0.4, -0.2) is 20.5 Å². The van der Waals surface area contributed by atoms with Crippen LogP contribution in [0.5, 0.6) is 0 Å². The molecule has 0 heterocycles. The molecule has 0 spiro atoms. The van der Waals surface area contributed by atoms with Gasteiger partial charge in [0.25, 0.3) is 10.0 Å². The smallest absolute Gasteiger partial charge is 0.335 e. The second-order valence-electron chi connectivity index (χ2n) is 5.79. The number of halogens is 3. The van der Waals surface area contributed by atoms with Gasteiger partial charge >= 0.3 is 12.2 Å². The van der Waals surface area contributed by atoms with Gasteiger partial charge in [0.15, 0.2) is 0 Å². The van der Waals surface area contributed by atoms with E-state index in [2.05, 4.69) is 5.32 Å². The normalized spacial score (nSPS) is 17.1. The number of carbonyl (C=O) groups is 1. The monoisotopic (exact) mass is 364 g/mol. The highest BCUT2D eigenvalue weighted by Gasteiger charge is 2.32. The van der Waals surface area contributed by atoms with E-state index >= 15 is 0 Å². The van der Waals surface area contributed by atoms with Crippen molar-refractivity contribution in [1.82, 2.24) is 10.0 Å². The number of carbonyl (C=O) groups excluding carboxylic acids is 1. The fourth-order valence-corrected chi connectivity index (χ4v) is 3.62. The van der Waals surface area contributed by atoms with Gasteiger partial charge in [0.05, 0.1) is 10.5 Å². The summed E-state index contributed by atoms with van der Waals surface area (Å²) < 4.78 is 64.0. The van der Waals surface area contributed by atoms with Crippen LogP contribution in [0.2, 0.25) is 0 Å². The average molecular weight is 364 g/mol. The van der Waals surface area contributed by atoms with Gasteiger partial charge in [-0.15, -0.1) is 0 Å². The molecule has 9 heteroatoms. The summed E-state index contributed by atoms with van der Waals surface area (Å²) in [6, 6.07) is 2.23. The van der Waals surface area contributed by atoms with Crippen LogP contribution >= 0.6 is 0 Å². The predicted octanol–water partition coefficient (Wildman–Crippen LogP) is 3.42. The predicted molar refractivity (Wildman–Crippen MR) is 81.8 cm³/mol. The maximum Gasteiger partial charge on any atom is 0.416 e. The van der Waals surface area contributed by atoms with Crippen molar-refractivity contribution in [1.29, 1.82) is 0 Å². The molecule has 2 rings (SSSR count). The van der Waals surface area contributed by atoms with Gasteiger partial charge in [-0.3, -0.25) is 0 Å². The van der Waals surface area contributed by atoms with Gasteiger partial charge in [-0.1, -0.05) is 31.7 Å². The molecule has 1 aliphatic carbocycles. The second kappa shape index (κ2) is 7.42. The van der Waals surface area contributed by atoms with Crippen molar-refractivity contribution >= 4 is 16.1 Å². The Bertz CT molecular complexity index is 681. The molecule has 2 N–H and O–H groups in total. The third kappa shape index (κ3) is 5.12. The van der Waals surface area contributed by atoms with E-state index in [-0.39, 0.29) is 6.04 Å². The Balaban J connectivity index is 2.06. The Morgan fingerprint density at radius 3 is 2.29 bits per heavy atom. The minimum Gasteiger partial charge on any atom is -0.335 e. The number of benzene rings is 1. The minimum atomic E-state index is -4.66. The van der Waals surface area contributed by atoms with Crippen LogP contribution in [0.1, 0.15) is 44.1 Å². The molecule has 0 atom stereocenters. The molecule has 24 heavy (non-hydrogen) atoms. The molecule has 1 aliphatic rings. The average Bonchev–Trinajstić information content (AvgIpc) is 2.74. The van der Waals surface area contributed by atoms with Gasteiger partial charge < -0.3 is 5.32 Å². The molecule has 1 fully saturated rings. The molecule has 0 aromatic heterocycles. The molecule has 0 unspecified atom stereocenters. The highest BCUT2D eigenvalue weighted by molar-refractivity contribution is 7.90. The summed E-state index contributed by atoms with van der Waals surface area (Å²) in [5.41, 5.74) is -1.09. The van der Waals surface area contributed by atoms with E-state index in [1.807, 2.05) is 0 Å². The molecule has 134 valence electrons. The molecule has 0 bridgehead atoms. The SMILES string of the molecule is O=C(NC1CCCCCC1)NS(=O)(=O)c1cccc(C(F)(F)F)c1. The Morgan fingerprint density at radius 1 is 1.08 bits per heavy atom. The minimum absolute atomic E-state index is 0.121. The third-order valence-electron chi connectivity index (χ3n) is 3.89. The number of hydrogen-bond donors (Lipinski definition) is 2. The van der Waals surface area contributed by atoms with Gasteiger partial charge in [-0.05, 0) is 31.0 Å². The van der Waals surface area contributed by atoms with Crippen LogP contribution in [0.3, 0.4) is 0 Å². The van der Waals surface area contributed by atoms with E-state index in [0.717, 1.165) is 56.7 Å². The molecular weight excluding hydrogens is 345 g/mol. The van der Waals surface area contributed by atoms with Crippen LogP contribution in [0.4, 0.5) is 18.0 Å². The Hall–Kier alpha value is -1.77. The summed E-state index contributed by atoms with van der Waals surface area (Å²) in [5, 5.41) is 2.58. The molecule has 1 aromatic rings. The number of nitrogens with one attached hydrogen (secondary N) is 2. The zero-order valence-electron chi connectivity index (χ0n) is 12.9. The largest absolute Gasteiger partial charge is 0.416 e. The maximum atomic E-state index is 12.7. The summed E-state index contributed by atoms with van der Waals surface area (Å²) >= 11 is 0. The van der Waals surface area contributed by atoms with Gasteiger partial charge in [0.2, 0.25) is 0 Å². The molecule has 5 nitrogen and oxygen atoms in total. The van der Waals surface area contributed by atoms with E-state index in [1.165, 1.54) is 0 Å². The van der Waals surface area contributed by atoms with Crippen LogP contribution in [0.25, 0.3) is 0 Å². The van der Waals surface area contributed by atoms with Gasteiger partial charge in [0, 0.05) is 6.04 Å². The van der Waals surface area contributed by atoms with Crippen molar-refractivity contribution in [2.24, 2.45) is 0 Å². The number of amides is 2. The molecule has 1 saturated carbocycles. The molecule has 0 radical (unpaired) electrons. The summed E-state index contributed by atoms with van der Waals surface area (Å²) in [5.74, 6) is 0. The molecule has 0 saturated heterocycles. The van der Waals surface area contributed by atoms with Crippen LogP contribution in [-0.2, 0) is 16.2 Å². The first-order valence-electron chi connectivity index (χ1n) is 7.69. The first-order chi connectivity index (χ1) is 11.2. The van der Waals surface area contributed by atoms with Gasteiger partial charge in [0.1, 0.15) is 0 Å². The van der Waals surface area contributed by atoms with Crippen molar-refractivity contribution in [3.63, 3.8) is 0 Å². The number of hydrogen-bond acceptors (Lipinski definition) is 3. The number of rotatable bonds is 3.